The number of amides is 2. The summed E-state index contributed by atoms with van der Waals surface area (Å²) in [5.41, 5.74) is 5.20. The topological polar surface area (TPSA) is 84.2 Å². The maximum Gasteiger partial charge on any atom is 0.309 e. The number of carbonyl (C=O) groups is 2. The van der Waals surface area contributed by atoms with Gasteiger partial charge in [-0.05, 0) is 24.7 Å². The van der Waals surface area contributed by atoms with Gasteiger partial charge in [-0.15, -0.1) is 0 Å². The van der Waals surface area contributed by atoms with E-state index in [-0.39, 0.29) is 11.5 Å². The van der Waals surface area contributed by atoms with Crippen molar-refractivity contribution in [2.75, 3.05) is 13.1 Å². The molecule has 0 aromatic carbocycles. The molecule has 6 heteroatoms. The van der Waals surface area contributed by atoms with Crippen LogP contribution >= 0.6 is 12.2 Å². The minimum Gasteiger partial charge on any atom is -0.392 e. The third-order valence-electron chi connectivity index (χ3n) is 2.64. The third-order valence-corrected chi connectivity index (χ3v) is 2.79. The average molecular weight is 243 g/mol. The van der Waals surface area contributed by atoms with Crippen molar-refractivity contribution in [3.05, 3.63) is 0 Å². The molecule has 1 unspecified atom stereocenters. The lowest BCUT2D eigenvalue weighted by molar-refractivity contribution is -0.139. The molecule has 2 amide bonds. The Balaban J connectivity index is 2.17. The molecule has 0 radical (unpaired) electrons. The lowest BCUT2D eigenvalue weighted by Gasteiger charge is -2.11. The molecule has 1 fully saturated rings. The number of rotatable bonds is 5. The minimum atomic E-state index is -0.684. The normalized spacial score (nSPS) is 16.3. The van der Waals surface area contributed by atoms with Gasteiger partial charge in [0.05, 0.1) is 11.5 Å². The molecule has 0 aromatic rings. The maximum atomic E-state index is 11.3. The van der Waals surface area contributed by atoms with Crippen LogP contribution in [0.3, 0.4) is 0 Å². The Morgan fingerprint density at radius 3 is 2.44 bits per heavy atom. The van der Waals surface area contributed by atoms with Crippen molar-refractivity contribution in [2.24, 2.45) is 17.6 Å². The highest BCUT2D eigenvalue weighted by molar-refractivity contribution is 7.80. The van der Waals surface area contributed by atoms with Gasteiger partial charge in [-0.2, -0.15) is 0 Å². The van der Waals surface area contributed by atoms with E-state index in [0.29, 0.717) is 18.4 Å². The smallest absolute Gasteiger partial charge is 0.309 e. The fourth-order valence-corrected chi connectivity index (χ4v) is 1.49. The van der Waals surface area contributed by atoms with Crippen LogP contribution in [-0.2, 0) is 9.59 Å². The summed E-state index contributed by atoms with van der Waals surface area (Å²) >= 11 is 4.58. The Bertz CT molecular complexity index is 302. The van der Waals surface area contributed by atoms with E-state index in [9.17, 15) is 9.59 Å². The maximum absolute atomic E-state index is 11.3. The molecular formula is C10H17N3O2S. The van der Waals surface area contributed by atoms with Crippen molar-refractivity contribution >= 4 is 29.0 Å². The van der Waals surface area contributed by atoms with E-state index in [4.69, 9.17) is 5.73 Å². The average Bonchev–Trinajstić information content (AvgIpc) is 3.05. The predicted octanol–water partition coefficient (Wildman–Crippen LogP) is -0.449. The van der Waals surface area contributed by atoms with E-state index in [1.165, 1.54) is 12.8 Å². The molecule has 1 aliphatic rings. The summed E-state index contributed by atoms with van der Waals surface area (Å²) in [6.07, 6.45) is 2.45. The van der Waals surface area contributed by atoms with Crippen molar-refractivity contribution in [3.8, 4) is 0 Å². The van der Waals surface area contributed by atoms with Crippen molar-refractivity contribution in [1.29, 1.82) is 0 Å². The highest BCUT2D eigenvalue weighted by Crippen LogP contribution is 2.35. The number of hydrogen-bond donors (Lipinski definition) is 3. The number of nitrogens with one attached hydrogen (secondary N) is 2. The van der Waals surface area contributed by atoms with E-state index in [0.717, 1.165) is 0 Å². The van der Waals surface area contributed by atoms with Gasteiger partial charge in [-0.25, -0.2) is 0 Å². The van der Waals surface area contributed by atoms with Gasteiger partial charge >= 0.3 is 11.8 Å². The predicted molar refractivity (Wildman–Crippen MR) is 64.7 cm³/mol. The van der Waals surface area contributed by atoms with Crippen LogP contribution in [0.4, 0.5) is 0 Å². The number of hydrogen-bond acceptors (Lipinski definition) is 3. The fourth-order valence-electron chi connectivity index (χ4n) is 1.41. The molecule has 0 spiro atoms. The van der Waals surface area contributed by atoms with Gasteiger partial charge in [0.1, 0.15) is 0 Å². The Morgan fingerprint density at radius 2 is 1.94 bits per heavy atom. The molecule has 1 aliphatic carbocycles. The molecule has 5 nitrogen and oxygen atoms in total. The van der Waals surface area contributed by atoms with Crippen molar-refractivity contribution in [2.45, 2.75) is 19.8 Å². The first-order valence-corrected chi connectivity index (χ1v) is 5.76. The first kappa shape index (κ1) is 12.9. The molecule has 16 heavy (non-hydrogen) atoms. The summed E-state index contributed by atoms with van der Waals surface area (Å²) in [5.74, 6) is -0.160. The van der Waals surface area contributed by atoms with Gasteiger partial charge in [0, 0.05) is 6.54 Å². The van der Waals surface area contributed by atoms with Crippen LogP contribution in [0.15, 0.2) is 0 Å². The number of carbonyl (C=O) groups excluding carboxylic acids is 2. The molecule has 0 saturated heterocycles. The lowest BCUT2D eigenvalue weighted by Crippen LogP contribution is -2.44. The zero-order valence-electron chi connectivity index (χ0n) is 9.29. The molecule has 1 saturated carbocycles. The van der Waals surface area contributed by atoms with Crippen LogP contribution in [0.25, 0.3) is 0 Å². The molecule has 0 bridgehead atoms. The van der Waals surface area contributed by atoms with Crippen molar-refractivity contribution in [1.82, 2.24) is 10.6 Å². The van der Waals surface area contributed by atoms with Crippen LogP contribution in [0.5, 0.6) is 0 Å². The summed E-state index contributed by atoms with van der Waals surface area (Å²) in [6, 6.07) is 0. The second kappa shape index (κ2) is 5.79. The van der Waals surface area contributed by atoms with E-state index in [1.807, 2.05) is 0 Å². The third kappa shape index (κ3) is 4.57. The second-order valence-corrected chi connectivity index (χ2v) is 4.70. The Labute approximate surface area is 100 Å². The number of thiocarbonyl (C=S) groups is 1. The highest BCUT2D eigenvalue weighted by atomic mass is 32.1. The van der Waals surface area contributed by atoms with Gasteiger partial charge in [0.15, 0.2) is 0 Å². The van der Waals surface area contributed by atoms with Crippen molar-refractivity contribution in [3.63, 3.8) is 0 Å². The first-order valence-electron chi connectivity index (χ1n) is 5.35. The van der Waals surface area contributed by atoms with E-state index < -0.39 is 11.8 Å². The van der Waals surface area contributed by atoms with Gasteiger partial charge in [-0.1, -0.05) is 19.1 Å². The molecule has 0 aliphatic heterocycles. The minimum absolute atomic E-state index is 0.0553. The zero-order valence-corrected chi connectivity index (χ0v) is 10.1. The summed E-state index contributed by atoms with van der Waals surface area (Å²) in [5, 5.41) is 4.93. The van der Waals surface area contributed by atoms with Crippen molar-refractivity contribution < 1.29 is 9.59 Å². The summed E-state index contributed by atoms with van der Waals surface area (Å²) < 4.78 is 0. The largest absolute Gasteiger partial charge is 0.392 e. The molecule has 0 heterocycles. The molecule has 0 aromatic heterocycles. The first-order chi connectivity index (χ1) is 7.50. The van der Waals surface area contributed by atoms with Crippen LogP contribution in [0.2, 0.25) is 0 Å². The molecule has 1 atom stereocenters. The zero-order chi connectivity index (χ0) is 12.1. The molecular weight excluding hydrogens is 226 g/mol. The van der Waals surface area contributed by atoms with Gasteiger partial charge in [-0.3, -0.25) is 9.59 Å². The van der Waals surface area contributed by atoms with E-state index in [1.54, 1.807) is 0 Å². The fraction of sp³-hybridized carbons (Fsp3) is 0.700. The van der Waals surface area contributed by atoms with E-state index in [2.05, 4.69) is 29.8 Å². The van der Waals surface area contributed by atoms with Crippen LogP contribution < -0.4 is 16.4 Å². The summed E-state index contributed by atoms with van der Waals surface area (Å²) in [7, 11) is 0. The van der Waals surface area contributed by atoms with Gasteiger partial charge in [0.25, 0.3) is 0 Å². The standard InChI is InChI=1S/C10H17N3O2S/c1-6(7-2-3-7)4-12-9(14)10(15)13-5-8(11)16/h6-7H,2-5H2,1H3,(H2,11,16)(H,12,14)(H,13,15). The Kier molecular flexibility index (Phi) is 4.67. The van der Waals surface area contributed by atoms with Crippen LogP contribution in [-0.4, -0.2) is 29.9 Å². The molecule has 90 valence electrons. The van der Waals surface area contributed by atoms with Gasteiger partial charge in [0.2, 0.25) is 0 Å². The summed E-state index contributed by atoms with van der Waals surface area (Å²) in [6.45, 7) is 2.68. The highest BCUT2D eigenvalue weighted by Gasteiger charge is 2.28. The summed E-state index contributed by atoms with van der Waals surface area (Å²) in [4.78, 5) is 22.7. The number of nitrogens with two attached hydrogens (primary N) is 1. The van der Waals surface area contributed by atoms with Crippen LogP contribution in [0, 0.1) is 11.8 Å². The Hall–Kier alpha value is -1.17. The monoisotopic (exact) mass is 243 g/mol. The van der Waals surface area contributed by atoms with Gasteiger partial charge < -0.3 is 16.4 Å². The SMILES string of the molecule is CC(CNC(=O)C(=O)NCC(N)=S)C1CC1. The van der Waals surface area contributed by atoms with E-state index >= 15 is 0 Å². The quantitative estimate of drug-likeness (QED) is 0.451. The molecule has 1 rings (SSSR count). The second-order valence-electron chi connectivity index (χ2n) is 4.17. The molecule has 4 N–H and O–H groups in total. The Morgan fingerprint density at radius 1 is 1.38 bits per heavy atom. The lowest BCUT2D eigenvalue weighted by atomic mass is 10.1. The van der Waals surface area contributed by atoms with Crippen LogP contribution in [0.1, 0.15) is 19.8 Å².